The van der Waals surface area contributed by atoms with E-state index >= 15 is 0 Å². The minimum atomic E-state index is -1.22. The lowest BCUT2D eigenvalue weighted by Crippen LogP contribution is -2.73. The van der Waals surface area contributed by atoms with Crippen molar-refractivity contribution in [3.63, 3.8) is 0 Å². The lowest BCUT2D eigenvalue weighted by Gasteiger charge is -2.38. The normalized spacial score (nSPS) is 13.2. The van der Waals surface area contributed by atoms with Crippen molar-refractivity contribution in [2.45, 2.75) is 41.5 Å². The predicted octanol–water partition coefficient (Wildman–Crippen LogP) is -10.1. The summed E-state index contributed by atoms with van der Waals surface area (Å²) in [5.41, 5.74) is 9.20. The predicted molar refractivity (Wildman–Crippen MR) is 210 cm³/mol. The maximum atomic E-state index is 6.65. The fourth-order valence-corrected chi connectivity index (χ4v) is 6.29. The van der Waals surface area contributed by atoms with Gasteiger partial charge in [-0.05, 0) is 63.5 Å². The zero-order valence-corrected chi connectivity index (χ0v) is 26.6. The first kappa shape index (κ1) is 36.5. The molecule has 45 heavy (non-hydrogen) atoms. The Hall–Kier alpha value is -1.29. The molecule has 3 aromatic rings. The number of hydrogen-bond acceptors (Lipinski definition) is 3. The van der Waals surface area contributed by atoms with E-state index in [1.807, 2.05) is 34.6 Å². The molecule has 3 aromatic carbocycles. The van der Waals surface area contributed by atoms with Gasteiger partial charge in [-0.1, -0.05) is 38.7 Å². The van der Waals surface area contributed by atoms with Gasteiger partial charge in [-0.3, -0.25) is 0 Å². The average molecular weight is 549 g/mol. The van der Waals surface area contributed by atoms with Crippen LogP contribution in [-0.2, 0) is 13.7 Å². The standard InChI is InChI=1S/C24H18B18O3/c1-7-9(3)21(38(32)33)24(16(28)13(7)25)42-44-40(20-10(4)8(2)18(36-30)15(27)17(20)29)43-41(45-42)23-11(5)14(26)19(37-31)12(6)22(23)39(34)35/h1-6H3. The summed E-state index contributed by atoms with van der Waals surface area (Å²) in [5.74, 6) is 0. The van der Waals surface area contributed by atoms with E-state index in [1.54, 1.807) is 6.92 Å². The minimum Gasteiger partial charge on any atom is -0.445 e. The highest BCUT2D eigenvalue weighted by Gasteiger charge is 2.47. The number of hydrogen-bond donors (Lipinski definition) is 0. The fourth-order valence-electron chi connectivity index (χ4n) is 6.29. The Balaban J connectivity index is 2.08. The van der Waals surface area contributed by atoms with Gasteiger partial charge in [0, 0.05) is 46.4 Å². The van der Waals surface area contributed by atoms with Crippen molar-refractivity contribution in [3.05, 3.63) is 33.4 Å². The summed E-state index contributed by atoms with van der Waals surface area (Å²) in [6, 6.07) is 0. The van der Waals surface area contributed by atoms with Crippen LogP contribution in [0.25, 0.3) is 0 Å². The van der Waals surface area contributed by atoms with Crippen molar-refractivity contribution in [2.24, 2.45) is 0 Å². The van der Waals surface area contributed by atoms with Crippen LogP contribution in [-0.4, -0.2) is 134 Å². The Kier molecular flexibility index (Phi) is 11.4. The molecule has 186 valence electrons. The van der Waals surface area contributed by atoms with Gasteiger partial charge >= 0.3 is 21.4 Å². The maximum Gasteiger partial charge on any atom is 0.466 e. The molecule has 1 aliphatic rings. The van der Waals surface area contributed by atoms with Gasteiger partial charge in [0.1, 0.15) is 39.2 Å². The second-order valence-corrected chi connectivity index (χ2v) is 11.5. The van der Waals surface area contributed by atoms with Gasteiger partial charge in [-0.2, -0.15) is 0 Å². The Labute approximate surface area is 287 Å². The van der Waals surface area contributed by atoms with E-state index in [0.717, 1.165) is 22.3 Å². The molecule has 1 saturated heterocycles. The van der Waals surface area contributed by atoms with Crippen LogP contribution in [0.5, 0.6) is 0 Å². The summed E-state index contributed by atoms with van der Waals surface area (Å²) < 4.78 is 19.7. The Morgan fingerprint density at radius 1 is 0.444 bits per heavy atom. The number of benzene rings is 3. The second-order valence-electron chi connectivity index (χ2n) is 11.5. The van der Waals surface area contributed by atoms with Crippen LogP contribution in [0.2, 0.25) is 0 Å². The van der Waals surface area contributed by atoms with Crippen molar-refractivity contribution in [3.8, 4) is 0 Å². The van der Waals surface area contributed by atoms with Gasteiger partial charge in [-0.25, -0.2) is 0 Å². The Bertz CT molecular complexity index is 1630. The van der Waals surface area contributed by atoms with Crippen molar-refractivity contribution < 1.29 is 13.7 Å². The monoisotopic (exact) mass is 552 g/mol. The zero-order chi connectivity index (χ0) is 33.8. The van der Waals surface area contributed by atoms with E-state index in [0.29, 0.717) is 60.3 Å². The lowest BCUT2D eigenvalue weighted by molar-refractivity contribution is 0.309. The molecule has 3 nitrogen and oxygen atoms in total. The van der Waals surface area contributed by atoms with Crippen molar-refractivity contribution in [2.75, 3.05) is 0 Å². The molecular formula is C24H18B18O3. The van der Waals surface area contributed by atoms with E-state index in [2.05, 4.69) is 0 Å². The highest BCUT2D eigenvalue weighted by molar-refractivity contribution is 7.37. The van der Waals surface area contributed by atoms with Crippen LogP contribution in [0.3, 0.4) is 0 Å². The number of rotatable bonds is 7. The molecule has 0 atom stereocenters. The van der Waals surface area contributed by atoms with Crippen LogP contribution in [0.4, 0.5) is 0 Å². The molecular weight excluding hydrogens is 531 g/mol. The van der Waals surface area contributed by atoms with Crippen molar-refractivity contribution in [1.29, 1.82) is 0 Å². The van der Waals surface area contributed by atoms with E-state index in [-0.39, 0.29) is 16.4 Å². The Morgan fingerprint density at radius 2 is 0.867 bits per heavy atom. The molecule has 4 rings (SSSR count). The molecule has 0 aliphatic carbocycles. The first-order valence-electron chi connectivity index (χ1n) is 14.4. The molecule has 0 spiro atoms. The van der Waals surface area contributed by atoms with E-state index in [1.165, 1.54) is 14.3 Å². The van der Waals surface area contributed by atoms with E-state index in [4.69, 9.17) is 99.4 Å². The van der Waals surface area contributed by atoms with E-state index < -0.39 is 34.3 Å². The third kappa shape index (κ3) is 6.22. The molecule has 24 radical (unpaired) electrons. The van der Waals surface area contributed by atoms with Gasteiger partial charge in [0.2, 0.25) is 0 Å². The van der Waals surface area contributed by atoms with Gasteiger partial charge < -0.3 is 13.7 Å². The van der Waals surface area contributed by atoms with Gasteiger partial charge in [-0.15, -0.1) is 38.2 Å². The van der Waals surface area contributed by atoms with Gasteiger partial charge in [0.25, 0.3) is 0 Å². The van der Waals surface area contributed by atoms with Crippen LogP contribution in [0.15, 0.2) is 0 Å². The van der Waals surface area contributed by atoms with Crippen LogP contribution < -0.4 is 65.6 Å². The SMILES string of the molecule is [B][B]c1c([B])c([B])c(B2OB(c3c([B])c([B])c(C)c(C)c3B([B])[B])OB(c3c(C)c([B])c([B][B])c(C)c3B([B])[B])O2)c(C)c1C. The summed E-state index contributed by atoms with van der Waals surface area (Å²) in [4.78, 5) is 0. The third-order valence-corrected chi connectivity index (χ3v) is 9.13. The molecule has 0 N–H and O–H groups in total. The molecule has 1 heterocycles. The highest BCUT2D eigenvalue weighted by atomic mass is 16.7. The summed E-state index contributed by atoms with van der Waals surface area (Å²) in [5, 5.41) is 0. The topological polar surface area (TPSA) is 27.7 Å². The van der Waals surface area contributed by atoms with Gasteiger partial charge in [0.05, 0.1) is 27.3 Å². The molecule has 1 aliphatic heterocycles. The maximum absolute atomic E-state index is 6.65. The largest absolute Gasteiger partial charge is 0.466 e. The quantitative estimate of drug-likeness (QED) is 0.275. The van der Waals surface area contributed by atoms with E-state index in [9.17, 15) is 0 Å². The molecule has 0 amide bonds. The van der Waals surface area contributed by atoms with Crippen LogP contribution in [0.1, 0.15) is 33.4 Å². The molecule has 0 bridgehead atoms. The average Bonchev–Trinajstić information content (AvgIpc) is 2.98. The zero-order valence-electron chi connectivity index (χ0n) is 26.6. The molecule has 0 unspecified atom stereocenters. The minimum absolute atomic E-state index is 0.197. The fraction of sp³-hybridized carbons (Fsp3) is 0.250. The third-order valence-electron chi connectivity index (χ3n) is 9.13. The molecule has 21 heteroatoms. The smallest absolute Gasteiger partial charge is 0.445 e. The molecule has 0 aromatic heterocycles. The molecule has 1 fully saturated rings. The Morgan fingerprint density at radius 3 is 1.36 bits per heavy atom. The highest BCUT2D eigenvalue weighted by Crippen LogP contribution is 2.13. The summed E-state index contributed by atoms with van der Waals surface area (Å²) in [6.07, 6.45) is 0. The molecule has 0 saturated carbocycles. The summed E-state index contributed by atoms with van der Waals surface area (Å²) in [6.45, 7) is 9.12. The van der Waals surface area contributed by atoms with Gasteiger partial charge in [0.15, 0.2) is 0 Å². The lowest BCUT2D eigenvalue weighted by atomic mass is 9.15. The summed E-state index contributed by atoms with van der Waals surface area (Å²) in [7, 11) is 69.2. The van der Waals surface area contributed by atoms with Crippen molar-refractivity contribution >= 4 is 200 Å². The van der Waals surface area contributed by atoms with Crippen LogP contribution in [0, 0.1) is 41.5 Å². The summed E-state index contributed by atoms with van der Waals surface area (Å²) >= 11 is 0. The second kappa shape index (κ2) is 14.1. The first-order valence-corrected chi connectivity index (χ1v) is 14.4. The van der Waals surface area contributed by atoms with Crippen LogP contribution >= 0.6 is 0 Å². The van der Waals surface area contributed by atoms with Crippen molar-refractivity contribution in [1.82, 2.24) is 0 Å². The first-order chi connectivity index (χ1) is 21.0.